The number of likely N-dealkylation sites (tertiary alicyclic amines) is 1. The number of amides is 2. The van der Waals surface area contributed by atoms with Gasteiger partial charge in [0, 0.05) is 30.7 Å². The number of carbonyl (C=O) groups is 2. The van der Waals surface area contributed by atoms with Crippen molar-refractivity contribution < 1.29 is 14.7 Å². The molecule has 2 aliphatic rings. The van der Waals surface area contributed by atoms with Crippen LogP contribution in [0.5, 0.6) is 0 Å². The standard InChI is InChI=1S/C17H25N3O3S/c1-12-10-24-14(19-12)6-2-3-8-18-16(23)20-9-13-5-4-7-17(13,11-20)15(21)22/h10,13H,2-9,11H2,1H3,(H,18,23)(H,21,22)/t13-,17+/m0/s1. The van der Waals surface area contributed by atoms with Crippen molar-refractivity contribution >= 4 is 23.3 Å². The fraction of sp³-hybridized carbons (Fsp3) is 0.706. The van der Waals surface area contributed by atoms with Gasteiger partial charge < -0.3 is 15.3 Å². The molecule has 1 aliphatic carbocycles. The van der Waals surface area contributed by atoms with Crippen LogP contribution in [-0.2, 0) is 11.2 Å². The zero-order valence-corrected chi connectivity index (χ0v) is 14.9. The third kappa shape index (κ3) is 3.41. The van der Waals surface area contributed by atoms with Crippen LogP contribution in [-0.4, -0.2) is 46.6 Å². The van der Waals surface area contributed by atoms with Gasteiger partial charge in [-0.3, -0.25) is 4.79 Å². The number of carbonyl (C=O) groups excluding carboxylic acids is 1. The lowest BCUT2D eigenvalue weighted by Crippen LogP contribution is -2.41. The minimum atomic E-state index is -0.737. The molecule has 2 fully saturated rings. The average Bonchev–Trinajstić information content (AvgIpc) is 3.20. The molecule has 1 saturated heterocycles. The molecule has 1 aromatic rings. The lowest BCUT2D eigenvalue weighted by Gasteiger charge is -2.23. The third-order valence-electron chi connectivity index (χ3n) is 5.34. The molecule has 24 heavy (non-hydrogen) atoms. The second-order valence-corrected chi connectivity index (χ2v) is 7.95. The van der Waals surface area contributed by atoms with Gasteiger partial charge in [0.2, 0.25) is 0 Å². The van der Waals surface area contributed by atoms with E-state index < -0.39 is 11.4 Å². The minimum absolute atomic E-state index is 0.116. The van der Waals surface area contributed by atoms with Crippen LogP contribution in [0.3, 0.4) is 0 Å². The van der Waals surface area contributed by atoms with E-state index in [1.54, 1.807) is 16.2 Å². The molecule has 0 spiro atoms. The van der Waals surface area contributed by atoms with Crippen molar-refractivity contribution in [3.8, 4) is 0 Å². The summed E-state index contributed by atoms with van der Waals surface area (Å²) in [5.74, 6) is -0.618. The summed E-state index contributed by atoms with van der Waals surface area (Å²) in [7, 11) is 0. The highest BCUT2D eigenvalue weighted by Crippen LogP contribution is 2.48. The molecule has 132 valence electrons. The van der Waals surface area contributed by atoms with E-state index in [2.05, 4.69) is 15.7 Å². The summed E-state index contributed by atoms with van der Waals surface area (Å²) in [6.07, 6.45) is 5.43. The maximum atomic E-state index is 12.3. The number of aromatic nitrogens is 1. The second kappa shape index (κ2) is 7.09. The molecule has 2 amide bonds. The minimum Gasteiger partial charge on any atom is -0.481 e. The Labute approximate surface area is 146 Å². The second-order valence-electron chi connectivity index (χ2n) is 7.00. The smallest absolute Gasteiger partial charge is 0.317 e. The Morgan fingerprint density at radius 3 is 3.00 bits per heavy atom. The van der Waals surface area contributed by atoms with Crippen molar-refractivity contribution in [2.24, 2.45) is 11.3 Å². The topological polar surface area (TPSA) is 82.5 Å². The predicted octanol–water partition coefficient (Wildman–Crippen LogP) is 2.67. The molecular weight excluding hydrogens is 326 g/mol. The van der Waals surface area contributed by atoms with Crippen LogP contribution in [0.15, 0.2) is 5.38 Å². The summed E-state index contributed by atoms with van der Waals surface area (Å²) in [6, 6.07) is -0.116. The first kappa shape index (κ1) is 17.2. The van der Waals surface area contributed by atoms with E-state index in [9.17, 15) is 14.7 Å². The Balaban J connectivity index is 1.39. The number of urea groups is 1. The zero-order valence-electron chi connectivity index (χ0n) is 14.1. The summed E-state index contributed by atoms with van der Waals surface area (Å²) in [4.78, 5) is 30.1. The molecule has 7 heteroatoms. The van der Waals surface area contributed by atoms with Crippen LogP contribution in [0.1, 0.15) is 42.8 Å². The summed E-state index contributed by atoms with van der Waals surface area (Å²) >= 11 is 1.68. The summed E-state index contributed by atoms with van der Waals surface area (Å²) in [6.45, 7) is 3.56. The molecule has 0 unspecified atom stereocenters. The van der Waals surface area contributed by atoms with Crippen molar-refractivity contribution in [1.29, 1.82) is 0 Å². The van der Waals surface area contributed by atoms with Crippen molar-refractivity contribution in [3.63, 3.8) is 0 Å². The Morgan fingerprint density at radius 1 is 1.50 bits per heavy atom. The van der Waals surface area contributed by atoms with E-state index in [1.165, 1.54) is 0 Å². The van der Waals surface area contributed by atoms with Crippen LogP contribution >= 0.6 is 11.3 Å². The van der Waals surface area contributed by atoms with E-state index >= 15 is 0 Å². The molecule has 0 radical (unpaired) electrons. The number of unbranched alkanes of at least 4 members (excludes halogenated alkanes) is 1. The number of aryl methyl sites for hydroxylation is 2. The molecule has 3 rings (SSSR count). The highest BCUT2D eigenvalue weighted by Gasteiger charge is 2.55. The molecule has 2 N–H and O–H groups in total. The van der Waals surface area contributed by atoms with Gasteiger partial charge in [-0.15, -0.1) is 11.3 Å². The first-order valence-electron chi connectivity index (χ1n) is 8.68. The fourth-order valence-corrected chi connectivity index (χ4v) is 4.84. The number of hydrogen-bond donors (Lipinski definition) is 2. The summed E-state index contributed by atoms with van der Waals surface area (Å²) in [5.41, 5.74) is 0.371. The molecule has 2 heterocycles. The monoisotopic (exact) mass is 351 g/mol. The number of carboxylic acid groups (broad SMARTS) is 1. The van der Waals surface area contributed by atoms with Gasteiger partial charge >= 0.3 is 12.0 Å². The van der Waals surface area contributed by atoms with Gasteiger partial charge in [0.1, 0.15) is 0 Å². The van der Waals surface area contributed by atoms with Crippen molar-refractivity contribution in [3.05, 3.63) is 16.1 Å². The number of rotatable bonds is 6. The maximum absolute atomic E-state index is 12.3. The Bertz CT molecular complexity index is 618. The van der Waals surface area contributed by atoms with Gasteiger partial charge in [-0.1, -0.05) is 6.42 Å². The molecule has 2 atom stereocenters. The van der Waals surface area contributed by atoms with E-state index in [-0.39, 0.29) is 11.9 Å². The van der Waals surface area contributed by atoms with Gasteiger partial charge in [-0.2, -0.15) is 0 Å². The largest absolute Gasteiger partial charge is 0.481 e. The van der Waals surface area contributed by atoms with Crippen LogP contribution in [0.2, 0.25) is 0 Å². The SMILES string of the molecule is Cc1csc(CCCCNC(=O)N2C[C@@H]3CCC[C@@]3(C(=O)O)C2)n1. The molecule has 0 aromatic carbocycles. The molecular formula is C17H25N3O3S. The fourth-order valence-electron chi connectivity index (χ4n) is 4.02. The normalized spacial score (nSPS) is 25.7. The lowest BCUT2D eigenvalue weighted by molar-refractivity contribution is -0.149. The van der Waals surface area contributed by atoms with Gasteiger partial charge in [0.25, 0.3) is 0 Å². The first-order valence-corrected chi connectivity index (χ1v) is 9.56. The van der Waals surface area contributed by atoms with E-state index in [0.29, 0.717) is 26.1 Å². The van der Waals surface area contributed by atoms with Crippen LogP contribution in [0.4, 0.5) is 4.79 Å². The highest BCUT2D eigenvalue weighted by atomic mass is 32.1. The molecule has 6 nitrogen and oxygen atoms in total. The Hall–Kier alpha value is -1.63. The molecule has 1 aromatic heterocycles. The van der Waals surface area contributed by atoms with Gasteiger partial charge in [-0.25, -0.2) is 9.78 Å². The van der Waals surface area contributed by atoms with E-state index in [4.69, 9.17) is 0 Å². The van der Waals surface area contributed by atoms with Gasteiger partial charge in [0.05, 0.1) is 10.4 Å². The zero-order chi connectivity index (χ0) is 17.2. The first-order chi connectivity index (χ1) is 11.5. The highest BCUT2D eigenvalue weighted by molar-refractivity contribution is 7.09. The van der Waals surface area contributed by atoms with Gasteiger partial charge in [0.15, 0.2) is 0 Å². The number of nitrogens with one attached hydrogen (secondary N) is 1. The van der Waals surface area contributed by atoms with Crippen LogP contribution in [0.25, 0.3) is 0 Å². The molecule has 1 saturated carbocycles. The number of hydrogen-bond acceptors (Lipinski definition) is 4. The Morgan fingerprint density at radius 2 is 2.33 bits per heavy atom. The van der Waals surface area contributed by atoms with Gasteiger partial charge in [-0.05, 0) is 44.9 Å². The number of nitrogens with zero attached hydrogens (tertiary/aromatic N) is 2. The van der Waals surface area contributed by atoms with Crippen molar-refractivity contribution in [2.75, 3.05) is 19.6 Å². The summed E-state index contributed by atoms with van der Waals surface area (Å²) < 4.78 is 0. The van der Waals surface area contributed by atoms with Crippen LogP contribution in [0, 0.1) is 18.3 Å². The van der Waals surface area contributed by atoms with Crippen molar-refractivity contribution in [2.45, 2.75) is 45.4 Å². The molecule has 1 aliphatic heterocycles. The maximum Gasteiger partial charge on any atom is 0.317 e. The lowest BCUT2D eigenvalue weighted by atomic mass is 9.81. The number of aliphatic carboxylic acids is 1. The summed E-state index contributed by atoms with van der Waals surface area (Å²) in [5, 5.41) is 15.7. The average molecular weight is 351 g/mol. The number of fused-ring (bicyclic) bond motifs is 1. The van der Waals surface area contributed by atoms with Crippen molar-refractivity contribution in [1.82, 2.24) is 15.2 Å². The quantitative estimate of drug-likeness (QED) is 0.772. The van der Waals surface area contributed by atoms with E-state index in [0.717, 1.165) is 42.8 Å². The van der Waals surface area contributed by atoms with E-state index in [1.807, 2.05) is 6.92 Å². The number of carboxylic acids is 1. The third-order valence-corrected chi connectivity index (χ3v) is 6.37. The van der Waals surface area contributed by atoms with Crippen LogP contribution < -0.4 is 5.32 Å². The molecule has 0 bridgehead atoms. The predicted molar refractivity (Wildman–Crippen MR) is 92.2 cm³/mol. The Kier molecular flexibility index (Phi) is 5.08. The number of thiazole rings is 1.